The van der Waals surface area contributed by atoms with Gasteiger partial charge in [0.15, 0.2) is 0 Å². The van der Waals surface area contributed by atoms with E-state index in [2.05, 4.69) is 0 Å². The van der Waals surface area contributed by atoms with Crippen LogP contribution >= 0.6 is 23.2 Å². The molecule has 0 aromatic heterocycles. The van der Waals surface area contributed by atoms with Gasteiger partial charge in [-0.3, -0.25) is 0 Å². The van der Waals surface area contributed by atoms with Crippen molar-refractivity contribution in [2.75, 3.05) is 0 Å². The SMILES string of the molecule is CC(C)N(C(C)C)S(=O)(=O)c1cc(Cl)ccc1-c1ccc(Cl)cc1S(=O)(=O)N(C(C)C)C(C)C. The average molecular weight is 550 g/mol. The van der Waals surface area contributed by atoms with Crippen molar-refractivity contribution in [3.8, 4) is 11.1 Å². The zero-order valence-electron chi connectivity index (χ0n) is 20.9. The minimum atomic E-state index is -4.02. The fraction of sp³-hybridized carbons (Fsp3) is 0.500. The van der Waals surface area contributed by atoms with Gasteiger partial charge in [0, 0.05) is 45.3 Å². The summed E-state index contributed by atoms with van der Waals surface area (Å²) in [5.74, 6) is 0. The summed E-state index contributed by atoms with van der Waals surface area (Å²) in [6.45, 7) is 14.4. The Morgan fingerprint density at radius 3 is 1.06 bits per heavy atom. The molecule has 0 spiro atoms. The zero-order chi connectivity index (χ0) is 26.2. The second kappa shape index (κ2) is 10.8. The fourth-order valence-corrected chi connectivity index (χ4v) is 9.01. The number of hydrogen-bond acceptors (Lipinski definition) is 4. The Morgan fingerprint density at radius 2 is 0.824 bits per heavy atom. The van der Waals surface area contributed by atoms with Crippen LogP contribution in [0.1, 0.15) is 55.4 Å². The lowest BCUT2D eigenvalue weighted by Gasteiger charge is -2.32. The van der Waals surface area contributed by atoms with E-state index in [1.54, 1.807) is 79.7 Å². The van der Waals surface area contributed by atoms with Crippen molar-refractivity contribution >= 4 is 43.2 Å². The van der Waals surface area contributed by atoms with Gasteiger partial charge in [0.1, 0.15) is 0 Å². The number of hydrogen-bond donors (Lipinski definition) is 0. The van der Waals surface area contributed by atoms with Crippen LogP contribution < -0.4 is 0 Å². The molecule has 0 aliphatic carbocycles. The van der Waals surface area contributed by atoms with Crippen molar-refractivity contribution in [1.29, 1.82) is 0 Å². The monoisotopic (exact) mass is 548 g/mol. The standard InChI is InChI=1S/C24H34Cl2N2O4S2/c1-15(2)27(16(3)4)33(29,30)23-13-19(25)9-11-21(23)22-12-10-20(26)14-24(22)34(31,32)28(17(5)6)18(7)8/h9-18H,1-8H3. The van der Waals surface area contributed by atoms with Crippen LogP contribution in [0.5, 0.6) is 0 Å². The molecule has 0 heterocycles. The van der Waals surface area contributed by atoms with Gasteiger partial charge in [-0.1, -0.05) is 35.3 Å². The van der Waals surface area contributed by atoms with E-state index in [-0.39, 0.29) is 55.1 Å². The fourth-order valence-electron chi connectivity index (χ4n) is 4.39. The first-order valence-corrected chi connectivity index (χ1v) is 14.8. The maximum atomic E-state index is 13.8. The summed E-state index contributed by atoms with van der Waals surface area (Å²) in [6.07, 6.45) is 0. The van der Waals surface area contributed by atoms with Crippen molar-refractivity contribution in [1.82, 2.24) is 8.61 Å². The van der Waals surface area contributed by atoms with E-state index in [4.69, 9.17) is 23.2 Å². The van der Waals surface area contributed by atoms with E-state index in [0.29, 0.717) is 0 Å². The molecule has 0 aliphatic heterocycles. The highest BCUT2D eigenvalue weighted by atomic mass is 35.5. The van der Waals surface area contributed by atoms with Crippen molar-refractivity contribution in [3.63, 3.8) is 0 Å². The van der Waals surface area contributed by atoms with Crippen LogP contribution in [0.3, 0.4) is 0 Å². The van der Waals surface area contributed by atoms with Crippen LogP contribution in [-0.2, 0) is 20.0 Å². The normalized spacial score (nSPS) is 13.3. The van der Waals surface area contributed by atoms with E-state index in [0.717, 1.165) is 0 Å². The maximum Gasteiger partial charge on any atom is 0.244 e. The van der Waals surface area contributed by atoms with E-state index < -0.39 is 20.0 Å². The van der Waals surface area contributed by atoms with Gasteiger partial charge in [0.2, 0.25) is 20.0 Å². The molecule has 0 amide bonds. The van der Waals surface area contributed by atoms with E-state index in [1.807, 2.05) is 0 Å². The van der Waals surface area contributed by atoms with E-state index in [9.17, 15) is 16.8 Å². The highest BCUT2D eigenvalue weighted by Crippen LogP contribution is 2.39. The Kier molecular flexibility index (Phi) is 9.27. The highest BCUT2D eigenvalue weighted by Gasteiger charge is 2.35. The number of rotatable bonds is 9. The van der Waals surface area contributed by atoms with Crippen molar-refractivity contribution < 1.29 is 16.8 Å². The molecule has 2 rings (SSSR count). The Hall–Kier alpha value is -1.16. The van der Waals surface area contributed by atoms with Crippen LogP contribution in [0.15, 0.2) is 46.2 Å². The number of benzene rings is 2. The lowest BCUT2D eigenvalue weighted by molar-refractivity contribution is 0.301. The van der Waals surface area contributed by atoms with Gasteiger partial charge in [0.25, 0.3) is 0 Å². The number of nitrogens with zero attached hydrogens (tertiary/aromatic N) is 2. The predicted molar refractivity (Wildman–Crippen MR) is 140 cm³/mol. The number of sulfonamides is 2. The van der Waals surface area contributed by atoms with Gasteiger partial charge in [-0.15, -0.1) is 0 Å². The molecule has 10 heteroatoms. The third-order valence-corrected chi connectivity index (χ3v) is 10.4. The molecule has 2 aromatic rings. The van der Waals surface area contributed by atoms with Crippen LogP contribution in [0.4, 0.5) is 0 Å². The molecule has 0 aliphatic rings. The van der Waals surface area contributed by atoms with Crippen molar-refractivity contribution in [3.05, 3.63) is 46.4 Å². The molecule has 2 aromatic carbocycles. The Balaban J connectivity index is 2.95. The Morgan fingerprint density at radius 1 is 0.559 bits per heavy atom. The van der Waals surface area contributed by atoms with Crippen LogP contribution in [0.2, 0.25) is 10.0 Å². The Labute approximate surface area is 215 Å². The third kappa shape index (κ3) is 5.79. The quantitative estimate of drug-likeness (QED) is 0.369. The van der Waals surface area contributed by atoms with Crippen molar-refractivity contribution in [2.45, 2.75) is 89.3 Å². The molecule has 190 valence electrons. The van der Waals surface area contributed by atoms with E-state index >= 15 is 0 Å². The van der Waals surface area contributed by atoms with Crippen LogP contribution in [0.25, 0.3) is 11.1 Å². The van der Waals surface area contributed by atoms with Gasteiger partial charge < -0.3 is 0 Å². The molecular formula is C24H34Cl2N2O4S2. The summed E-state index contributed by atoms with van der Waals surface area (Å²) in [5, 5.41) is 0.471. The van der Waals surface area contributed by atoms with Crippen LogP contribution in [0, 0.1) is 0 Å². The lowest BCUT2D eigenvalue weighted by atomic mass is 10.1. The minimum Gasteiger partial charge on any atom is -0.207 e. The highest BCUT2D eigenvalue weighted by molar-refractivity contribution is 7.89. The summed E-state index contributed by atoms with van der Waals surface area (Å²) < 4.78 is 58.1. The molecule has 0 N–H and O–H groups in total. The third-order valence-electron chi connectivity index (χ3n) is 5.32. The summed E-state index contributed by atoms with van der Waals surface area (Å²) >= 11 is 12.5. The minimum absolute atomic E-state index is 0.0539. The van der Waals surface area contributed by atoms with Crippen molar-refractivity contribution in [2.24, 2.45) is 0 Å². The first-order valence-electron chi connectivity index (χ1n) is 11.2. The van der Waals surface area contributed by atoms with E-state index in [1.165, 1.54) is 20.7 Å². The van der Waals surface area contributed by atoms with Gasteiger partial charge in [-0.25, -0.2) is 16.8 Å². The molecule has 0 bridgehead atoms. The topological polar surface area (TPSA) is 74.8 Å². The maximum absolute atomic E-state index is 13.8. The molecule has 0 saturated carbocycles. The molecule has 0 radical (unpaired) electrons. The smallest absolute Gasteiger partial charge is 0.207 e. The van der Waals surface area contributed by atoms with Gasteiger partial charge in [-0.2, -0.15) is 8.61 Å². The van der Waals surface area contributed by atoms with Gasteiger partial charge in [-0.05, 0) is 79.7 Å². The second-order valence-corrected chi connectivity index (χ2v) is 13.8. The Bertz CT molecular complexity index is 1130. The van der Waals surface area contributed by atoms with Gasteiger partial charge in [0.05, 0.1) is 9.79 Å². The molecule has 6 nitrogen and oxygen atoms in total. The lowest BCUT2D eigenvalue weighted by Crippen LogP contribution is -2.42. The summed E-state index contributed by atoms with van der Waals surface area (Å²) in [5.41, 5.74) is 0.497. The second-order valence-electron chi connectivity index (χ2n) is 9.33. The average Bonchev–Trinajstić information content (AvgIpc) is 2.66. The molecule has 0 atom stereocenters. The molecular weight excluding hydrogens is 515 g/mol. The van der Waals surface area contributed by atoms with Crippen LogP contribution in [-0.4, -0.2) is 49.6 Å². The summed E-state index contributed by atoms with van der Waals surface area (Å²) in [7, 11) is -8.04. The largest absolute Gasteiger partial charge is 0.244 e. The molecule has 0 fully saturated rings. The zero-order valence-corrected chi connectivity index (χ0v) is 24.0. The first-order chi connectivity index (χ1) is 15.5. The molecule has 34 heavy (non-hydrogen) atoms. The summed E-state index contributed by atoms with van der Waals surface area (Å²) in [6, 6.07) is 7.68. The first kappa shape index (κ1) is 29.1. The molecule has 0 saturated heterocycles. The van der Waals surface area contributed by atoms with Gasteiger partial charge >= 0.3 is 0 Å². The number of halogens is 2. The molecule has 0 unspecified atom stereocenters. The predicted octanol–water partition coefficient (Wildman–Crippen LogP) is 6.28. The summed E-state index contributed by atoms with van der Waals surface area (Å²) in [4.78, 5) is -0.108.